The summed E-state index contributed by atoms with van der Waals surface area (Å²) in [6.45, 7) is 1.89. The second-order valence-corrected chi connectivity index (χ2v) is 7.86. The van der Waals surface area contributed by atoms with E-state index < -0.39 is 17.6 Å². The molecule has 0 aliphatic carbocycles. The Morgan fingerprint density at radius 1 is 1.06 bits per heavy atom. The van der Waals surface area contributed by atoms with Gasteiger partial charge in [0, 0.05) is 16.7 Å². The third-order valence-electron chi connectivity index (χ3n) is 4.26. The summed E-state index contributed by atoms with van der Waals surface area (Å²) in [4.78, 5) is 12.1. The molecule has 32 heavy (non-hydrogen) atoms. The number of benzene rings is 2. The Morgan fingerprint density at radius 2 is 1.81 bits per heavy atom. The summed E-state index contributed by atoms with van der Waals surface area (Å²) in [6.07, 6.45) is -1.94. The van der Waals surface area contributed by atoms with Crippen molar-refractivity contribution in [2.45, 2.75) is 13.1 Å². The van der Waals surface area contributed by atoms with Gasteiger partial charge in [0.1, 0.15) is 11.5 Å². The van der Waals surface area contributed by atoms with E-state index in [-0.39, 0.29) is 15.8 Å². The number of carbonyl (C=O) groups is 1. The largest absolute Gasteiger partial charge is 0.457 e. The van der Waals surface area contributed by atoms with Crippen LogP contribution in [0.4, 0.5) is 18.9 Å². The first kappa shape index (κ1) is 23.8. The number of anilines is 1. The highest BCUT2D eigenvalue weighted by Crippen LogP contribution is 2.33. The van der Waals surface area contributed by atoms with Crippen molar-refractivity contribution in [1.82, 2.24) is 5.32 Å². The number of alkyl halides is 3. The maximum atomic E-state index is 12.9. The molecule has 0 atom stereocenters. The topological polar surface area (TPSA) is 54.3 Å². The molecule has 0 unspecified atom stereocenters. The Kier molecular flexibility index (Phi) is 7.28. The first-order chi connectivity index (χ1) is 15.0. The minimum atomic E-state index is -4.54. The van der Waals surface area contributed by atoms with E-state index in [4.69, 9.17) is 39.8 Å². The molecule has 0 spiro atoms. The molecule has 3 aromatic rings. The maximum Gasteiger partial charge on any atom is 0.416 e. The van der Waals surface area contributed by atoms with E-state index in [9.17, 15) is 18.0 Å². The minimum Gasteiger partial charge on any atom is -0.457 e. The molecule has 0 radical (unpaired) electrons. The van der Waals surface area contributed by atoms with E-state index in [1.54, 1.807) is 18.2 Å². The smallest absolute Gasteiger partial charge is 0.416 e. The summed E-state index contributed by atoms with van der Waals surface area (Å²) in [7, 11) is 0. The van der Waals surface area contributed by atoms with E-state index in [1.165, 1.54) is 12.2 Å². The SMILES string of the molecule is Cc1ccc(-c2ccc(/C=C/C(=O)NC(=S)Nc3cc(C(F)(F)F)ccc3Cl)o2)cc1Cl. The van der Waals surface area contributed by atoms with Crippen molar-refractivity contribution >= 4 is 58.2 Å². The van der Waals surface area contributed by atoms with Crippen LogP contribution in [0.5, 0.6) is 0 Å². The summed E-state index contributed by atoms with van der Waals surface area (Å²) in [5.41, 5.74) is 0.743. The molecule has 3 rings (SSSR count). The van der Waals surface area contributed by atoms with E-state index in [0.717, 1.165) is 29.3 Å². The summed E-state index contributed by atoms with van der Waals surface area (Å²) in [6, 6.07) is 11.7. The third kappa shape index (κ3) is 6.12. The molecule has 166 valence electrons. The van der Waals surface area contributed by atoms with Gasteiger partial charge in [0.25, 0.3) is 0 Å². The number of nitrogens with one attached hydrogen (secondary N) is 2. The van der Waals surface area contributed by atoms with Crippen LogP contribution in [0.15, 0.2) is 59.0 Å². The van der Waals surface area contributed by atoms with Crippen LogP contribution < -0.4 is 10.6 Å². The fourth-order valence-electron chi connectivity index (χ4n) is 2.61. The van der Waals surface area contributed by atoms with E-state index in [2.05, 4.69) is 10.6 Å². The highest BCUT2D eigenvalue weighted by molar-refractivity contribution is 7.80. The predicted octanol–water partition coefficient (Wildman–Crippen LogP) is 7.11. The van der Waals surface area contributed by atoms with Crippen molar-refractivity contribution in [2.24, 2.45) is 0 Å². The normalized spacial score (nSPS) is 11.6. The molecule has 0 saturated carbocycles. The zero-order chi connectivity index (χ0) is 23.5. The van der Waals surface area contributed by atoms with Crippen LogP contribution in [0, 0.1) is 6.92 Å². The predicted molar refractivity (Wildman–Crippen MR) is 124 cm³/mol. The Labute approximate surface area is 197 Å². The zero-order valence-electron chi connectivity index (χ0n) is 16.4. The lowest BCUT2D eigenvalue weighted by Gasteiger charge is -2.13. The quantitative estimate of drug-likeness (QED) is 0.297. The van der Waals surface area contributed by atoms with Gasteiger partial charge in [-0.15, -0.1) is 0 Å². The lowest BCUT2D eigenvalue weighted by atomic mass is 10.1. The van der Waals surface area contributed by atoms with Crippen molar-refractivity contribution in [3.05, 3.63) is 81.5 Å². The van der Waals surface area contributed by atoms with Crippen LogP contribution >= 0.6 is 35.4 Å². The Hall–Kier alpha value is -2.81. The average Bonchev–Trinajstić information content (AvgIpc) is 3.18. The van der Waals surface area contributed by atoms with Gasteiger partial charge in [-0.25, -0.2) is 0 Å². The lowest BCUT2D eigenvalue weighted by molar-refractivity contribution is -0.137. The number of halogens is 5. The summed E-state index contributed by atoms with van der Waals surface area (Å²) in [5.74, 6) is 0.372. The number of hydrogen-bond acceptors (Lipinski definition) is 3. The van der Waals surface area contributed by atoms with Gasteiger partial charge in [-0.05, 0) is 67.2 Å². The number of amides is 1. The Bertz CT molecular complexity index is 1210. The molecule has 4 nitrogen and oxygen atoms in total. The molecule has 1 aromatic heterocycles. The van der Waals surface area contributed by atoms with Crippen LogP contribution in [0.1, 0.15) is 16.9 Å². The summed E-state index contributed by atoms with van der Waals surface area (Å²) >= 11 is 17.0. The second kappa shape index (κ2) is 9.77. The average molecular weight is 499 g/mol. The number of rotatable bonds is 4. The highest BCUT2D eigenvalue weighted by atomic mass is 35.5. The van der Waals surface area contributed by atoms with Crippen molar-refractivity contribution in [3.63, 3.8) is 0 Å². The van der Waals surface area contributed by atoms with Crippen molar-refractivity contribution < 1.29 is 22.4 Å². The molecule has 0 aliphatic rings. The standard InChI is InChI=1S/C22H15Cl2F3N2O2S/c1-12-2-3-13(10-17(12)24)19-8-5-15(31-19)6-9-20(30)29-21(32)28-18-11-14(22(25,26)27)4-7-16(18)23/h2-11H,1H3,(H2,28,29,30,32)/b9-6+. The molecule has 2 aromatic carbocycles. The van der Waals surface area contributed by atoms with Gasteiger partial charge in [0.2, 0.25) is 5.91 Å². The monoisotopic (exact) mass is 498 g/mol. The zero-order valence-corrected chi connectivity index (χ0v) is 18.7. The molecular weight excluding hydrogens is 484 g/mol. The van der Waals surface area contributed by atoms with Gasteiger partial charge >= 0.3 is 6.18 Å². The first-order valence-corrected chi connectivity index (χ1v) is 10.2. The molecule has 10 heteroatoms. The molecule has 1 amide bonds. The fraction of sp³-hybridized carbons (Fsp3) is 0.0909. The van der Waals surface area contributed by atoms with Crippen LogP contribution in [-0.4, -0.2) is 11.0 Å². The van der Waals surface area contributed by atoms with Gasteiger partial charge in [-0.3, -0.25) is 10.1 Å². The fourth-order valence-corrected chi connectivity index (χ4v) is 3.16. The maximum absolute atomic E-state index is 12.9. The van der Waals surface area contributed by atoms with Crippen LogP contribution in [0.2, 0.25) is 10.0 Å². The number of thiocarbonyl (C=S) groups is 1. The van der Waals surface area contributed by atoms with Crippen LogP contribution in [0.3, 0.4) is 0 Å². The molecule has 1 heterocycles. The molecule has 0 saturated heterocycles. The molecule has 0 aliphatic heterocycles. The van der Waals surface area contributed by atoms with Gasteiger partial charge < -0.3 is 9.73 Å². The first-order valence-electron chi connectivity index (χ1n) is 9.06. The van der Waals surface area contributed by atoms with Gasteiger partial charge in [0.05, 0.1) is 16.3 Å². The number of aryl methyl sites for hydroxylation is 1. The minimum absolute atomic E-state index is 0.0180. The van der Waals surface area contributed by atoms with Gasteiger partial charge in [-0.1, -0.05) is 35.3 Å². The highest BCUT2D eigenvalue weighted by Gasteiger charge is 2.31. The number of carbonyl (C=O) groups excluding carboxylic acids is 1. The Balaban J connectivity index is 1.62. The van der Waals surface area contributed by atoms with Gasteiger partial charge in [0.15, 0.2) is 5.11 Å². The number of hydrogen-bond donors (Lipinski definition) is 2. The van der Waals surface area contributed by atoms with Crippen molar-refractivity contribution in [3.8, 4) is 11.3 Å². The van der Waals surface area contributed by atoms with E-state index in [0.29, 0.717) is 16.5 Å². The molecule has 0 fully saturated rings. The number of furan rings is 1. The van der Waals surface area contributed by atoms with Crippen molar-refractivity contribution in [1.29, 1.82) is 0 Å². The summed E-state index contributed by atoms with van der Waals surface area (Å²) in [5, 5.41) is 5.23. The summed E-state index contributed by atoms with van der Waals surface area (Å²) < 4.78 is 44.3. The van der Waals surface area contributed by atoms with Gasteiger partial charge in [-0.2, -0.15) is 13.2 Å². The van der Waals surface area contributed by atoms with Crippen LogP contribution in [-0.2, 0) is 11.0 Å². The molecule has 2 N–H and O–H groups in total. The van der Waals surface area contributed by atoms with E-state index >= 15 is 0 Å². The second-order valence-electron chi connectivity index (χ2n) is 6.64. The van der Waals surface area contributed by atoms with Crippen molar-refractivity contribution in [2.75, 3.05) is 5.32 Å². The third-order valence-corrected chi connectivity index (χ3v) is 5.20. The molecular formula is C22H15Cl2F3N2O2S. The molecule has 0 bridgehead atoms. The Morgan fingerprint density at radius 3 is 2.50 bits per heavy atom. The van der Waals surface area contributed by atoms with Crippen LogP contribution in [0.25, 0.3) is 17.4 Å². The van der Waals surface area contributed by atoms with E-state index in [1.807, 2.05) is 19.1 Å². The lowest BCUT2D eigenvalue weighted by Crippen LogP contribution is -2.33.